The van der Waals surface area contributed by atoms with Crippen LogP contribution in [0.1, 0.15) is 0 Å². The van der Waals surface area contributed by atoms with E-state index in [1.165, 1.54) is 0 Å². The summed E-state index contributed by atoms with van der Waals surface area (Å²) in [5.41, 5.74) is 0. The minimum absolute atomic E-state index is 0. The van der Waals surface area contributed by atoms with Crippen molar-refractivity contribution in [3.8, 4) is 0 Å². The Bertz CT molecular complexity index is 10.4. The molecule has 48 valence electrons. The molecule has 0 atom stereocenters. The molecule has 1 N–H and O–H groups in total. The topological polar surface area (TPSA) is 20.2 Å². The molecule has 0 heterocycles. The molecule has 0 aliphatic carbocycles. The summed E-state index contributed by atoms with van der Waals surface area (Å²) in [5, 5.41) is 0. The van der Waals surface area contributed by atoms with Crippen molar-refractivity contribution in [2.24, 2.45) is 0 Å². The van der Waals surface area contributed by atoms with E-state index < -0.39 is 14.6 Å². The van der Waals surface area contributed by atoms with E-state index in [1.807, 2.05) is 0 Å². The SMILES string of the molecule is [Al+3].[Cl-].[Cl-].[Cl-].[Cl-].[OH][Al+][Cl]. The molecule has 0 aromatic heterocycles. The van der Waals surface area contributed by atoms with Gasteiger partial charge >= 0.3 is 46.2 Å². The van der Waals surface area contributed by atoms with Crippen LogP contribution in [0.15, 0.2) is 0 Å². The van der Waals surface area contributed by atoms with E-state index in [-0.39, 0.29) is 67.0 Å². The van der Waals surface area contributed by atoms with Gasteiger partial charge in [-0.25, -0.2) is 0 Å². The van der Waals surface area contributed by atoms with Crippen molar-refractivity contribution in [1.29, 1.82) is 0 Å². The van der Waals surface area contributed by atoms with E-state index in [1.54, 1.807) is 0 Å². The Kier molecular flexibility index (Phi) is 331. The second kappa shape index (κ2) is 56.4. The summed E-state index contributed by atoms with van der Waals surface area (Å²) < 4.78 is 7.42. The molecule has 8 heavy (non-hydrogen) atoms. The van der Waals surface area contributed by atoms with Crippen molar-refractivity contribution in [3.63, 3.8) is 0 Å². The number of rotatable bonds is 0. The molecule has 0 saturated carbocycles. The van der Waals surface area contributed by atoms with Crippen LogP contribution in [-0.2, 0) is 0 Å². The molecule has 8 heteroatoms. The van der Waals surface area contributed by atoms with Gasteiger partial charge in [0, 0.05) is 0 Å². The monoisotopic (exact) mass is 246 g/mol. The predicted molar refractivity (Wildman–Crippen MR) is 19.6 cm³/mol. The fourth-order valence-electron chi connectivity index (χ4n) is 0. The number of halogens is 5. The maximum absolute atomic E-state index is 7.42. The molecule has 0 aromatic carbocycles. The zero-order chi connectivity index (χ0) is 2.71. The molecule has 1 nitrogen and oxygen atoms in total. The third kappa shape index (κ3) is 77.3. The summed E-state index contributed by atoms with van der Waals surface area (Å²) in [6, 6.07) is 0. The van der Waals surface area contributed by atoms with Gasteiger partial charge in [0.15, 0.2) is 0 Å². The quantitative estimate of drug-likeness (QED) is 0.422. The van der Waals surface area contributed by atoms with E-state index in [4.69, 9.17) is 4.16 Å². The summed E-state index contributed by atoms with van der Waals surface area (Å²) in [7, 11) is 4.64. The summed E-state index contributed by atoms with van der Waals surface area (Å²) in [6.07, 6.45) is 0. The molecule has 0 aliphatic heterocycles. The zero-order valence-corrected chi connectivity index (χ0v) is 9.58. The summed E-state index contributed by atoms with van der Waals surface area (Å²) in [6.45, 7) is 0. The van der Waals surface area contributed by atoms with Gasteiger partial charge in [0.25, 0.3) is 0 Å². The Morgan fingerprint density at radius 1 is 1.00 bits per heavy atom. The third-order valence-electron chi connectivity index (χ3n) is 0. The Morgan fingerprint density at radius 3 is 1.00 bits per heavy atom. The molecule has 0 radical (unpaired) electrons. The molecular weight excluding hydrogens is 247 g/mol. The van der Waals surface area contributed by atoms with Crippen molar-refractivity contribution in [2.75, 3.05) is 0 Å². The van der Waals surface area contributed by atoms with Gasteiger partial charge in [-0.3, -0.25) is 0 Å². The summed E-state index contributed by atoms with van der Waals surface area (Å²) >= 11 is -0.778. The van der Waals surface area contributed by atoms with E-state index in [2.05, 4.69) is 10.0 Å². The minimum atomic E-state index is -0.778. The van der Waals surface area contributed by atoms with Crippen molar-refractivity contribution in [1.82, 2.24) is 0 Å². The average Bonchev–Trinajstić information content (AvgIpc) is 0.918. The Morgan fingerprint density at radius 2 is 1.00 bits per heavy atom. The first-order valence-electron chi connectivity index (χ1n) is 0.476. The average molecular weight is 248 g/mol. The van der Waals surface area contributed by atoms with Gasteiger partial charge in [-0.1, -0.05) is 0 Å². The molecule has 0 aliphatic rings. The van der Waals surface area contributed by atoms with Gasteiger partial charge in [0.1, 0.15) is 0 Å². The fourth-order valence-corrected chi connectivity index (χ4v) is 0. The number of hydrogen-bond donors (Lipinski definition) is 1. The summed E-state index contributed by atoms with van der Waals surface area (Å²) in [4.78, 5) is 0. The van der Waals surface area contributed by atoms with Crippen LogP contribution in [0.4, 0.5) is 0 Å². The Balaban J connectivity index is -0.00000000200. The Labute approximate surface area is 95.0 Å². The fraction of sp³-hybridized carbons (Fsp3) is 0. The predicted octanol–water partition coefficient (Wildman–Crippen LogP) is -12.6. The first kappa shape index (κ1) is 47.0. The van der Waals surface area contributed by atoms with Crippen LogP contribution < -0.4 is 49.6 Å². The first-order valence-corrected chi connectivity index (χ1v) is 2.74. The second-order valence-corrected chi connectivity index (χ2v) is 0.878. The van der Waals surface area contributed by atoms with E-state index in [0.717, 1.165) is 0 Å². The molecule has 0 unspecified atom stereocenters. The molecule has 0 aromatic rings. The van der Waals surface area contributed by atoms with Gasteiger partial charge in [0.05, 0.1) is 0 Å². The Hall–Kier alpha value is 2.47. The first-order chi connectivity index (χ1) is 1.41. The van der Waals surface area contributed by atoms with Crippen LogP contribution in [0.3, 0.4) is 0 Å². The van der Waals surface area contributed by atoms with Gasteiger partial charge < -0.3 is 49.6 Å². The zero-order valence-electron chi connectivity index (χ0n) is 3.49. The van der Waals surface area contributed by atoms with Gasteiger partial charge in [0.2, 0.25) is 0 Å². The van der Waals surface area contributed by atoms with E-state index in [0.29, 0.717) is 0 Å². The summed E-state index contributed by atoms with van der Waals surface area (Å²) in [5.74, 6) is 0. The molecule has 0 fully saturated rings. The second-order valence-electron chi connectivity index (χ2n) is 0.0976. The van der Waals surface area contributed by atoms with Crippen LogP contribution in [0.5, 0.6) is 0 Å². The molecule has 0 saturated heterocycles. The van der Waals surface area contributed by atoms with Crippen molar-refractivity contribution in [2.45, 2.75) is 0 Å². The van der Waals surface area contributed by atoms with Crippen LogP contribution in [0.25, 0.3) is 0 Å². The maximum atomic E-state index is 7.42. The molecule has 0 amide bonds. The van der Waals surface area contributed by atoms with Crippen LogP contribution in [0.2, 0.25) is 0 Å². The van der Waals surface area contributed by atoms with Crippen LogP contribution >= 0.6 is 10.0 Å². The van der Waals surface area contributed by atoms with Crippen molar-refractivity contribution in [3.05, 3.63) is 0 Å². The van der Waals surface area contributed by atoms with Crippen LogP contribution in [0, 0.1) is 0 Å². The van der Waals surface area contributed by atoms with Gasteiger partial charge in [-0.15, -0.1) is 0 Å². The van der Waals surface area contributed by atoms with Crippen molar-refractivity contribution < 1.29 is 53.8 Å². The molecule has 0 bridgehead atoms. The molecule has 0 rings (SSSR count). The normalized spacial score (nSPS) is 1.25. The standard InChI is InChI=1S/2Al.5ClH.H2O/h;;5*1H;1H2/q2*+3;;;;;;/p-6. The van der Waals surface area contributed by atoms with E-state index >= 15 is 0 Å². The number of hydrogen-bond acceptors (Lipinski definition) is 1. The third-order valence-corrected chi connectivity index (χ3v) is 0. The van der Waals surface area contributed by atoms with E-state index in [9.17, 15) is 0 Å². The van der Waals surface area contributed by atoms with Crippen molar-refractivity contribution >= 4 is 42.0 Å². The van der Waals surface area contributed by atoms with Crippen LogP contribution in [-0.4, -0.2) is 36.2 Å². The molecular formula is HAl2Cl5O. The van der Waals surface area contributed by atoms with Gasteiger partial charge in [-0.05, 0) is 0 Å². The van der Waals surface area contributed by atoms with Gasteiger partial charge in [-0.2, -0.15) is 0 Å². The molecule has 0 spiro atoms.